The standard InChI is InChI=1S/C19H25N3O4/c23-17(24)9-8-15-6-1-2-11-21(15)18(25)14-5-3-7-16(13-14)22-12-4-10-20-19(22)26/h3,5,7,13,15H,1-2,4,6,8-12H2,(H,20,26)(H,23,24). The van der Waals surface area contributed by atoms with Gasteiger partial charge >= 0.3 is 12.0 Å². The van der Waals surface area contributed by atoms with Gasteiger partial charge in [0, 0.05) is 43.3 Å². The molecule has 0 saturated carbocycles. The molecule has 140 valence electrons. The van der Waals surface area contributed by atoms with Crippen molar-refractivity contribution in [2.24, 2.45) is 0 Å². The van der Waals surface area contributed by atoms with Crippen LogP contribution in [-0.4, -0.2) is 53.6 Å². The lowest BCUT2D eigenvalue weighted by Crippen LogP contribution is -2.46. The third-order valence-electron chi connectivity index (χ3n) is 5.06. The number of aliphatic carboxylic acids is 1. The van der Waals surface area contributed by atoms with Crippen molar-refractivity contribution in [1.29, 1.82) is 0 Å². The molecule has 0 radical (unpaired) electrons. The number of hydrogen-bond donors (Lipinski definition) is 2. The van der Waals surface area contributed by atoms with Crippen LogP contribution >= 0.6 is 0 Å². The number of amides is 3. The van der Waals surface area contributed by atoms with Crippen molar-refractivity contribution >= 4 is 23.6 Å². The Balaban J connectivity index is 1.76. The molecule has 0 aromatic heterocycles. The molecule has 2 aliphatic rings. The fourth-order valence-electron chi connectivity index (χ4n) is 3.71. The van der Waals surface area contributed by atoms with Gasteiger partial charge in [-0.2, -0.15) is 0 Å². The van der Waals surface area contributed by atoms with Gasteiger partial charge in [0.25, 0.3) is 5.91 Å². The molecule has 26 heavy (non-hydrogen) atoms. The molecule has 3 amide bonds. The number of carbonyl (C=O) groups is 3. The minimum absolute atomic E-state index is 0.0331. The van der Waals surface area contributed by atoms with Crippen LogP contribution in [0.5, 0.6) is 0 Å². The smallest absolute Gasteiger partial charge is 0.321 e. The summed E-state index contributed by atoms with van der Waals surface area (Å²) < 4.78 is 0. The number of rotatable bonds is 5. The predicted molar refractivity (Wildman–Crippen MR) is 97.3 cm³/mol. The average Bonchev–Trinajstić information content (AvgIpc) is 2.66. The Hall–Kier alpha value is -2.57. The number of benzene rings is 1. The predicted octanol–water partition coefficient (Wildman–Crippen LogP) is 2.47. The Bertz CT molecular complexity index is 691. The molecule has 3 rings (SSSR count). The minimum atomic E-state index is -0.832. The molecule has 7 nitrogen and oxygen atoms in total. The molecule has 0 bridgehead atoms. The molecule has 2 aliphatic heterocycles. The van der Waals surface area contributed by atoms with Gasteiger partial charge in [0.05, 0.1) is 0 Å². The van der Waals surface area contributed by atoms with Crippen LogP contribution in [0.3, 0.4) is 0 Å². The van der Waals surface area contributed by atoms with Crippen molar-refractivity contribution in [3.8, 4) is 0 Å². The number of carboxylic acid groups (broad SMARTS) is 1. The number of anilines is 1. The van der Waals surface area contributed by atoms with Gasteiger partial charge in [-0.3, -0.25) is 14.5 Å². The number of carboxylic acids is 1. The highest BCUT2D eigenvalue weighted by Gasteiger charge is 2.28. The molecule has 7 heteroatoms. The van der Waals surface area contributed by atoms with E-state index in [1.807, 2.05) is 11.0 Å². The van der Waals surface area contributed by atoms with Crippen molar-refractivity contribution in [2.75, 3.05) is 24.5 Å². The maximum Gasteiger partial charge on any atom is 0.321 e. The van der Waals surface area contributed by atoms with E-state index in [0.717, 1.165) is 25.7 Å². The van der Waals surface area contributed by atoms with Gasteiger partial charge in [0.15, 0.2) is 0 Å². The SMILES string of the molecule is O=C(O)CCC1CCCCN1C(=O)c1cccc(N2CCCNC2=O)c1. The first-order valence-corrected chi connectivity index (χ1v) is 9.24. The minimum Gasteiger partial charge on any atom is -0.481 e. The van der Waals surface area contributed by atoms with Gasteiger partial charge in [-0.25, -0.2) is 4.79 Å². The molecule has 0 spiro atoms. The largest absolute Gasteiger partial charge is 0.481 e. The highest BCUT2D eigenvalue weighted by Crippen LogP contribution is 2.25. The highest BCUT2D eigenvalue weighted by atomic mass is 16.4. The van der Waals surface area contributed by atoms with E-state index in [0.29, 0.717) is 37.3 Å². The summed E-state index contributed by atoms with van der Waals surface area (Å²) in [7, 11) is 0. The zero-order chi connectivity index (χ0) is 18.5. The Labute approximate surface area is 153 Å². The summed E-state index contributed by atoms with van der Waals surface area (Å²) in [5, 5.41) is 11.8. The van der Waals surface area contributed by atoms with Crippen LogP contribution in [0.4, 0.5) is 10.5 Å². The number of hydrogen-bond acceptors (Lipinski definition) is 3. The van der Waals surface area contributed by atoms with E-state index < -0.39 is 5.97 Å². The van der Waals surface area contributed by atoms with Gasteiger partial charge in [0.1, 0.15) is 0 Å². The first-order chi connectivity index (χ1) is 12.6. The molecule has 2 heterocycles. The first-order valence-electron chi connectivity index (χ1n) is 9.24. The zero-order valence-electron chi connectivity index (χ0n) is 14.8. The molecule has 1 aromatic carbocycles. The number of carbonyl (C=O) groups excluding carboxylic acids is 2. The number of nitrogens with zero attached hydrogens (tertiary/aromatic N) is 2. The molecule has 1 atom stereocenters. The van der Waals surface area contributed by atoms with Gasteiger partial charge in [-0.05, 0) is 50.3 Å². The maximum absolute atomic E-state index is 13.0. The van der Waals surface area contributed by atoms with Crippen molar-refractivity contribution in [2.45, 2.75) is 44.6 Å². The Kier molecular flexibility index (Phi) is 5.75. The molecule has 2 saturated heterocycles. The lowest BCUT2D eigenvalue weighted by atomic mass is 9.97. The second-order valence-corrected chi connectivity index (χ2v) is 6.87. The van der Waals surface area contributed by atoms with Gasteiger partial charge < -0.3 is 15.3 Å². The summed E-state index contributed by atoms with van der Waals surface area (Å²) in [5.74, 6) is -0.916. The van der Waals surface area contributed by atoms with Crippen molar-refractivity contribution < 1.29 is 19.5 Å². The third kappa shape index (κ3) is 4.15. The van der Waals surface area contributed by atoms with Crippen LogP contribution in [0, 0.1) is 0 Å². The van der Waals surface area contributed by atoms with Crippen LogP contribution in [0.25, 0.3) is 0 Å². The fourth-order valence-corrected chi connectivity index (χ4v) is 3.71. The number of likely N-dealkylation sites (tertiary alicyclic amines) is 1. The number of piperidine rings is 1. The van der Waals surface area contributed by atoms with Crippen LogP contribution in [-0.2, 0) is 4.79 Å². The monoisotopic (exact) mass is 359 g/mol. The van der Waals surface area contributed by atoms with Crippen molar-refractivity contribution in [3.63, 3.8) is 0 Å². The van der Waals surface area contributed by atoms with Gasteiger partial charge in [-0.1, -0.05) is 6.07 Å². The molecular formula is C19H25N3O4. The maximum atomic E-state index is 13.0. The van der Waals surface area contributed by atoms with Crippen LogP contribution in [0.2, 0.25) is 0 Å². The van der Waals surface area contributed by atoms with E-state index in [2.05, 4.69) is 5.32 Å². The van der Waals surface area contributed by atoms with E-state index in [9.17, 15) is 14.4 Å². The van der Waals surface area contributed by atoms with E-state index in [1.165, 1.54) is 0 Å². The normalized spacial score (nSPS) is 20.6. The average molecular weight is 359 g/mol. The summed E-state index contributed by atoms with van der Waals surface area (Å²) >= 11 is 0. The Morgan fingerprint density at radius 3 is 2.81 bits per heavy atom. The third-order valence-corrected chi connectivity index (χ3v) is 5.06. The van der Waals surface area contributed by atoms with E-state index >= 15 is 0 Å². The van der Waals surface area contributed by atoms with E-state index in [4.69, 9.17) is 5.11 Å². The summed E-state index contributed by atoms with van der Waals surface area (Å²) in [4.78, 5) is 39.4. The topological polar surface area (TPSA) is 89.9 Å². The summed E-state index contributed by atoms with van der Waals surface area (Å²) in [5.41, 5.74) is 1.26. The Morgan fingerprint density at radius 2 is 2.04 bits per heavy atom. The highest BCUT2D eigenvalue weighted by molar-refractivity contribution is 5.98. The molecule has 1 aromatic rings. The summed E-state index contributed by atoms with van der Waals surface area (Å²) in [6.07, 6.45) is 4.21. The van der Waals surface area contributed by atoms with E-state index in [-0.39, 0.29) is 24.4 Å². The Morgan fingerprint density at radius 1 is 1.19 bits per heavy atom. The van der Waals surface area contributed by atoms with Crippen molar-refractivity contribution in [3.05, 3.63) is 29.8 Å². The van der Waals surface area contributed by atoms with E-state index in [1.54, 1.807) is 23.1 Å². The van der Waals surface area contributed by atoms with Gasteiger partial charge in [0.2, 0.25) is 0 Å². The molecule has 0 aliphatic carbocycles. The van der Waals surface area contributed by atoms with Gasteiger partial charge in [-0.15, -0.1) is 0 Å². The lowest BCUT2D eigenvalue weighted by Gasteiger charge is -2.36. The number of urea groups is 1. The molecule has 1 unspecified atom stereocenters. The van der Waals surface area contributed by atoms with Crippen LogP contribution in [0.1, 0.15) is 48.9 Å². The molecule has 2 N–H and O–H groups in total. The number of nitrogens with one attached hydrogen (secondary N) is 1. The summed E-state index contributed by atoms with van der Waals surface area (Å²) in [6, 6.07) is 6.97. The molecule has 2 fully saturated rings. The van der Waals surface area contributed by atoms with Crippen LogP contribution < -0.4 is 10.2 Å². The fraction of sp³-hybridized carbons (Fsp3) is 0.526. The first kappa shape index (κ1) is 18.2. The summed E-state index contributed by atoms with van der Waals surface area (Å²) in [6.45, 7) is 1.96. The second kappa shape index (κ2) is 8.21. The second-order valence-electron chi connectivity index (χ2n) is 6.87. The zero-order valence-corrected chi connectivity index (χ0v) is 14.8. The quantitative estimate of drug-likeness (QED) is 0.845. The molecular weight excluding hydrogens is 334 g/mol. The van der Waals surface area contributed by atoms with Crippen molar-refractivity contribution in [1.82, 2.24) is 10.2 Å². The van der Waals surface area contributed by atoms with Crippen LogP contribution in [0.15, 0.2) is 24.3 Å². The lowest BCUT2D eigenvalue weighted by molar-refractivity contribution is -0.137.